The van der Waals surface area contributed by atoms with Crippen LogP contribution in [-0.2, 0) is 22.8 Å². The van der Waals surface area contributed by atoms with Crippen molar-refractivity contribution >= 4 is 9.84 Å². The lowest BCUT2D eigenvalue weighted by Gasteiger charge is -2.29. The third-order valence-electron chi connectivity index (χ3n) is 3.52. The Morgan fingerprint density at radius 1 is 1.50 bits per heavy atom. The molecule has 0 aliphatic carbocycles. The zero-order valence-electron chi connectivity index (χ0n) is 11.5. The Morgan fingerprint density at radius 2 is 2.11 bits per heavy atom. The third kappa shape index (κ3) is 3.11. The van der Waals surface area contributed by atoms with E-state index in [1.807, 2.05) is 10.8 Å². The molecule has 18 heavy (non-hydrogen) atoms. The second-order valence-electron chi connectivity index (χ2n) is 5.22. The summed E-state index contributed by atoms with van der Waals surface area (Å²) in [7, 11) is -3.19. The summed E-state index contributed by atoms with van der Waals surface area (Å²) in [5.41, 5.74) is 6.06. The summed E-state index contributed by atoms with van der Waals surface area (Å²) in [6.45, 7) is 6.30. The molecule has 5 nitrogen and oxygen atoms in total. The summed E-state index contributed by atoms with van der Waals surface area (Å²) in [6, 6.07) is -0.467. The number of imidazole rings is 1. The zero-order valence-corrected chi connectivity index (χ0v) is 12.4. The van der Waals surface area contributed by atoms with Crippen molar-refractivity contribution in [2.45, 2.75) is 50.9 Å². The topological polar surface area (TPSA) is 78.0 Å². The number of sulfone groups is 1. The minimum absolute atomic E-state index is 0.465. The van der Waals surface area contributed by atoms with Crippen LogP contribution in [0.2, 0.25) is 0 Å². The fourth-order valence-electron chi connectivity index (χ4n) is 1.69. The highest BCUT2D eigenvalue weighted by molar-refractivity contribution is 7.92. The van der Waals surface area contributed by atoms with Crippen molar-refractivity contribution in [3.05, 3.63) is 18.2 Å². The number of hydrogen-bond donors (Lipinski definition) is 1. The SMILES string of the molecule is CCCn1ccnc1CC(N)C(C)(C)S(C)(=O)=O. The van der Waals surface area contributed by atoms with Gasteiger partial charge in [0.15, 0.2) is 9.84 Å². The Hall–Kier alpha value is -0.880. The van der Waals surface area contributed by atoms with Crippen molar-refractivity contribution in [1.29, 1.82) is 0 Å². The molecule has 2 N–H and O–H groups in total. The molecule has 1 aromatic heterocycles. The highest BCUT2D eigenvalue weighted by atomic mass is 32.2. The summed E-state index contributed by atoms with van der Waals surface area (Å²) in [5, 5.41) is 0. The highest BCUT2D eigenvalue weighted by Gasteiger charge is 2.37. The smallest absolute Gasteiger partial charge is 0.154 e. The molecule has 1 rings (SSSR count). The summed E-state index contributed by atoms with van der Waals surface area (Å²) in [5.74, 6) is 0.848. The second-order valence-corrected chi connectivity index (χ2v) is 7.82. The molecular formula is C12H23N3O2S. The predicted octanol–water partition coefficient (Wildman–Crippen LogP) is 0.986. The van der Waals surface area contributed by atoms with Crippen molar-refractivity contribution < 1.29 is 8.42 Å². The maximum absolute atomic E-state index is 11.7. The summed E-state index contributed by atoms with van der Waals surface area (Å²) in [4.78, 5) is 4.26. The van der Waals surface area contributed by atoms with Gasteiger partial charge in [0, 0.05) is 37.7 Å². The van der Waals surface area contributed by atoms with E-state index in [1.165, 1.54) is 6.26 Å². The average molecular weight is 273 g/mol. The molecule has 6 heteroatoms. The van der Waals surface area contributed by atoms with Gasteiger partial charge in [0.1, 0.15) is 5.82 Å². The molecule has 0 saturated carbocycles. The van der Waals surface area contributed by atoms with Gasteiger partial charge in [-0.15, -0.1) is 0 Å². The van der Waals surface area contributed by atoms with Gasteiger partial charge in [-0.1, -0.05) is 6.92 Å². The molecule has 0 aliphatic rings. The normalized spacial score (nSPS) is 14.7. The predicted molar refractivity (Wildman–Crippen MR) is 73.1 cm³/mol. The van der Waals surface area contributed by atoms with Gasteiger partial charge in [-0.25, -0.2) is 13.4 Å². The van der Waals surface area contributed by atoms with Crippen LogP contribution in [0.4, 0.5) is 0 Å². The molecule has 1 atom stereocenters. The van der Waals surface area contributed by atoms with Gasteiger partial charge in [0.25, 0.3) is 0 Å². The van der Waals surface area contributed by atoms with Gasteiger partial charge < -0.3 is 10.3 Å². The Bertz CT molecular complexity index is 491. The van der Waals surface area contributed by atoms with E-state index in [0.29, 0.717) is 6.42 Å². The third-order valence-corrected chi connectivity index (χ3v) is 5.73. The quantitative estimate of drug-likeness (QED) is 0.838. The van der Waals surface area contributed by atoms with Crippen molar-refractivity contribution in [2.24, 2.45) is 5.73 Å². The van der Waals surface area contributed by atoms with E-state index in [-0.39, 0.29) is 0 Å². The maximum atomic E-state index is 11.7. The zero-order chi connectivity index (χ0) is 14.0. The Labute approximate surface area is 109 Å². The molecule has 0 bridgehead atoms. The van der Waals surface area contributed by atoms with E-state index in [9.17, 15) is 8.42 Å². The maximum Gasteiger partial charge on any atom is 0.154 e. The van der Waals surface area contributed by atoms with Crippen LogP contribution < -0.4 is 5.73 Å². The van der Waals surface area contributed by atoms with E-state index in [2.05, 4.69) is 11.9 Å². The largest absolute Gasteiger partial charge is 0.335 e. The van der Waals surface area contributed by atoms with Crippen LogP contribution in [0.1, 0.15) is 33.0 Å². The Balaban J connectivity index is 2.88. The minimum atomic E-state index is -3.19. The summed E-state index contributed by atoms with van der Waals surface area (Å²) in [6.07, 6.45) is 6.33. The van der Waals surface area contributed by atoms with Crippen LogP contribution in [0, 0.1) is 0 Å². The van der Waals surface area contributed by atoms with E-state index in [1.54, 1.807) is 20.0 Å². The Kier molecular flexibility index (Phi) is 4.55. The fraction of sp³-hybridized carbons (Fsp3) is 0.750. The Morgan fingerprint density at radius 3 is 2.61 bits per heavy atom. The van der Waals surface area contributed by atoms with Crippen LogP contribution in [-0.4, -0.2) is 35.0 Å². The number of nitrogens with zero attached hydrogens (tertiary/aromatic N) is 2. The van der Waals surface area contributed by atoms with Gasteiger partial charge in [0.05, 0.1) is 4.75 Å². The first-order chi connectivity index (χ1) is 8.20. The molecule has 0 aliphatic heterocycles. The van der Waals surface area contributed by atoms with E-state index in [0.717, 1.165) is 18.8 Å². The highest BCUT2D eigenvalue weighted by Crippen LogP contribution is 2.21. The van der Waals surface area contributed by atoms with Gasteiger partial charge in [0.2, 0.25) is 0 Å². The van der Waals surface area contributed by atoms with Crippen LogP contribution in [0.5, 0.6) is 0 Å². The molecule has 104 valence electrons. The van der Waals surface area contributed by atoms with Crippen LogP contribution in [0.15, 0.2) is 12.4 Å². The van der Waals surface area contributed by atoms with Gasteiger partial charge in [-0.2, -0.15) is 0 Å². The molecule has 0 spiro atoms. The number of nitrogens with two attached hydrogens (primary N) is 1. The first-order valence-electron chi connectivity index (χ1n) is 6.15. The molecule has 1 unspecified atom stereocenters. The molecule has 0 fully saturated rings. The van der Waals surface area contributed by atoms with Crippen LogP contribution in [0.3, 0.4) is 0 Å². The molecule has 0 aromatic carbocycles. The van der Waals surface area contributed by atoms with Crippen molar-refractivity contribution in [3.8, 4) is 0 Å². The van der Waals surface area contributed by atoms with Gasteiger partial charge >= 0.3 is 0 Å². The number of aryl methyl sites for hydroxylation is 1. The molecule has 0 saturated heterocycles. The van der Waals surface area contributed by atoms with Crippen LogP contribution in [0.25, 0.3) is 0 Å². The molecule has 1 heterocycles. The molecule has 1 aromatic rings. The lowest BCUT2D eigenvalue weighted by molar-refractivity contribution is 0.467. The number of hydrogen-bond acceptors (Lipinski definition) is 4. The summed E-state index contributed by atoms with van der Waals surface area (Å²) < 4.78 is 24.5. The number of aromatic nitrogens is 2. The van der Waals surface area contributed by atoms with E-state index in [4.69, 9.17) is 5.73 Å². The standard InChI is InChI=1S/C12H23N3O2S/c1-5-7-15-8-6-14-11(15)9-10(13)12(2,3)18(4,16)17/h6,8,10H,5,7,9,13H2,1-4H3. The summed E-state index contributed by atoms with van der Waals surface area (Å²) >= 11 is 0. The lowest BCUT2D eigenvalue weighted by Crippen LogP contribution is -2.50. The van der Waals surface area contributed by atoms with E-state index < -0.39 is 20.6 Å². The van der Waals surface area contributed by atoms with E-state index >= 15 is 0 Å². The average Bonchev–Trinajstić information content (AvgIpc) is 2.64. The monoisotopic (exact) mass is 273 g/mol. The van der Waals surface area contributed by atoms with Crippen molar-refractivity contribution in [1.82, 2.24) is 9.55 Å². The van der Waals surface area contributed by atoms with Gasteiger partial charge in [-0.3, -0.25) is 0 Å². The first kappa shape index (κ1) is 15.2. The molecule has 0 amide bonds. The molecule has 0 radical (unpaired) electrons. The molecular weight excluding hydrogens is 250 g/mol. The van der Waals surface area contributed by atoms with Crippen molar-refractivity contribution in [2.75, 3.05) is 6.26 Å². The first-order valence-corrected chi connectivity index (χ1v) is 8.04. The minimum Gasteiger partial charge on any atom is -0.335 e. The van der Waals surface area contributed by atoms with Crippen LogP contribution >= 0.6 is 0 Å². The fourth-order valence-corrected chi connectivity index (χ4v) is 2.33. The van der Waals surface area contributed by atoms with Crippen molar-refractivity contribution in [3.63, 3.8) is 0 Å². The second kappa shape index (κ2) is 5.40. The van der Waals surface area contributed by atoms with Gasteiger partial charge in [-0.05, 0) is 20.3 Å². The number of rotatable bonds is 6. The lowest BCUT2D eigenvalue weighted by atomic mass is 10.0.